The molecule has 0 aliphatic carbocycles. The number of phenols is 1. The Hall–Kier alpha value is -2.86. The lowest BCUT2D eigenvalue weighted by Crippen LogP contribution is -2.18. The zero-order valence-electron chi connectivity index (χ0n) is 15.3. The molecular weight excluding hydrogens is 360 g/mol. The molecule has 0 aliphatic rings. The van der Waals surface area contributed by atoms with E-state index in [2.05, 4.69) is 23.8 Å². The first-order valence-corrected chi connectivity index (χ1v) is 10.3. The number of hydrogen-bond donors (Lipinski definition) is 2. The van der Waals surface area contributed by atoms with E-state index in [1.54, 1.807) is 24.3 Å². The van der Waals surface area contributed by atoms with Crippen molar-refractivity contribution in [2.45, 2.75) is 31.1 Å². The molecule has 3 aromatic carbocycles. The summed E-state index contributed by atoms with van der Waals surface area (Å²) in [6.07, 6.45) is 2.31. The van der Waals surface area contributed by atoms with Crippen LogP contribution in [0.3, 0.4) is 0 Å². The van der Waals surface area contributed by atoms with Gasteiger partial charge in [0, 0.05) is 5.56 Å². The van der Waals surface area contributed by atoms with Gasteiger partial charge in [-0.2, -0.15) is 13.5 Å². The Balaban J connectivity index is 1.83. The van der Waals surface area contributed by atoms with Gasteiger partial charge in [0.15, 0.2) is 0 Å². The van der Waals surface area contributed by atoms with Crippen molar-refractivity contribution in [1.29, 1.82) is 0 Å². The largest absolute Gasteiger partial charge is 0.507 e. The standard InChI is InChI=1S/C21H22N2O3S/c1-3-15(2)16-8-11-18(12-9-16)27(25,26)23-22-14-20-19-7-5-4-6-17(19)10-13-21(20)24/h4-15,23-24H,3H2,1-2H3/b22-14-/t15-/m0/s1. The van der Waals surface area contributed by atoms with E-state index in [-0.39, 0.29) is 10.6 Å². The summed E-state index contributed by atoms with van der Waals surface area (Å²) in [4.78, 5) is 2.36. The van der Waals surface area contributed by atoms with Crippen molar-refractivity contribution in [3.8, 4) is 5.75 Å². The van der Waals surface area contributed by atoms with Crippen molar-refractivity contribution in [3.63, 3.8) is 0 Å². The van der Waals surface area contributed by atoms with Gasteiger partial charge in [-0.15, -0.1) is 0 Å². The molecule has 0 heterocycles. The number of nitrogens with one attached hydrogen (secondary N) is 1. The maximum Gasteiger partial charge on any atom is 0.276 e. The molecule has 1 atom stereocenters. The van der Waals surface area contributed by atoms with E-state index in [0.29, 0.717) is 11.5 Å². The van der Waals surface area contributed by atoms with Crippen LogP contribution in [0.15, 0.2) is 70.7 Å². The lowest BCUT2D eigenvalue weighted by atomic mass is 9.99. The fraction of sp³-hybridized carbons (Fsp3) is 0.190. The molecular formula is C21H22N2O3S. The summed E-state index contributed by atoms with van der Waals surface area (Å²) >= 11 is 0. The molecule has 0 unspecified atom stereocenters. The predicted octanol–water partition coefficient (Wildman–Crippen LogP) is 4.37. The molecule has 27 heavy (non-hydrogen) atoms. The van der Waals surface area contributed by atoms with Crippen LogP contribution >= 0.6 is 0 Å². The highest BCUT2D eigenvalue weighted by Gasteiger charge is 2.13. The number of hydrogen-bond acceptors (Lipinski definition) is 4. The normalized spacial score (nSPS) is 13.1. The van der Waals surface area contributed by atoms with Crippen LogP contribution < -0.4 is 4.83 Å². The predicted molar refractivity (Wildman–Crippen MR) is 109 cm³/mol. The number of fused-ring (bicyclic) bond motifs is 1. The lowest BCUT2D eigenvalue weighted by Gasteiger charge is -2.10. The molecule has 0 saturated carbocycles. The second-order valence-electron chi connectivity index (χ2n) is 6.45. The first-order valence-electron chi connectivity index (χ1n) is 8.78. The van der Waals surface area contributed by atoms with Crippen molar-refractivity contribution >= 4 is 27.0 Å². The van der Waals surface area contributed by atoms with E-state index in [4.69, 9.17) is 0 Å². The Bertz CT molecular complexity index is 1070. The third-order valence-electron chi connectivity index (χ3n) is 4.69. The first kappa shape index (κ1) is 18.9. The van der Waals surface area contributed by atoms with E-state index >= 15 is 0 Å². The molecule has 0 spiro atoms. The molecule has 3 aromatic rings. The minimum absolute atomic E-state index is 0.0366. The summed E-state index contributed by atoms with van der Waals surface area (Å²) in [5.41, 5.74) is 1.56. The molecule has 0 amide bonds. The Labute approximate surface area is 159 Å². The monoisotopic (exact) mass is 382 g/mol. The third kappa shape index (κ3) is 4.11. The van der Waals surface area contributed by atoms with Gasteiger partial charge in [0.25, 0.3) is 10.0 Å². The molecule has 3 rings (SSSR count). The minimum atomic E-state index is -3.78. The van der Waals surface area contributed by atoms with Crippen molar-refractivity contribution < 1.29 is 13.5 Å². The Morgan fingerprint density at radius 2 is 1.78 bits per heavy atom. The van der Waals surface area contributed by atoms with Crippen LogP contribution in [-0.4, -0.2) is 19.7 Å². The molecule has 0 aliphatic heterocycles. The highest BCUT2D eigenvalue weighted by molar-refractivity contribution is 7.89. The van der Waals surface area contributed by atoms with Crippen molar-refractivity contribution in [2.24, 2.45) is 5.10 Å². The molecule has 5 nitrogen and oxygen atoms in total. The number of nitrogens with zero attached hydrogens (tertiary/aromatic N) is 1. The summed E-state index contributed by atoms with van der Waals surface area (Å²) < 4.78 is 24.9. The molecule has 0 saturated heterocycles. The smallest absolute Gasteiger partial charge is 0.276 e. The Morgan fingerprint density at radius 1 is 1.07 bits per heavy atom. The van der Waals surface area contributed by atoms with E-state index in [9.17, 15) is 13.5 Å². The molecule has 0 fully saturated rings. The van der Waals surface area contributed by atoms with Gasteiger partial charge >= 0.3 is 0 Å². The average Bonchev–Trinajstić information content (AvgIpc) is 2.69. The van der Waals surface area contributed by atoms with E-state index < -0.39 is 10.0 Å². The number of hydrazone groups is 1. The SMILES string of the molecule is CC[C@H](C)c1ccc(S(=O)(=O)N/N=C\c2c(O)ccc3ccccc23)cc1. The summed E-state index contributed by atoms with van der Waals surface area (Å²) in [6, 6.07) is 17.7. The van der Waals surface area contributed by atoms with Gasteiger partial charge in [-0.1, -0.05) is 56.3 Å². The number of phenolic OH excluding ortho intramolecular Hbond substituents is 1. The summed E-state index contributed by atoms with van der Waals surface area (Å²) in [5, 5.41) is 15.7. The zero-order chi connectivity index (χ0) is 19.4. The number of aromatic hydroxyl groups is 1. The van der Waals surface area contributed by atoms with Crippen LogP contribution in [0.5, 0.6) is 5.75 Å². The lowest BCUT2D eigenvalue weighted by molar-refractivity contribution is 0.475. The highest BCUT2D eigenvalue weighted by atomic mass is 32.2. The van der Waals surface area contributed by atoms with Gasteiger partial charge in [-0.25, -0.2) is 4.83 Å². The van der Waals surface area contributed by atoms with Gasteiger partial charge in [0.2, 0.25) is 0 Å². The molecule has 2 N–H and O–H groups in total. The molecule has 6 heteroatoms. The molecule has 140 valence electrons. The van der Waals surface area contributed by atoms with Crippen molar-refractivity contribution in [3.05, 3.63) is 71.8 Å². The third-order valence-corrected chi connectivity index (χ3v) is 5.92. The molecule has 0 aromatic heterocycles. The fourth-order valence-electron chi connectivity index (χ4n) is 2.84. The molecule has 0 radical (unpaired) electrons. The molecule has 0 bridgehead atoms. The Kier molecular flexibility index (Phi) is 5.46. The van der Waals surface area contributed by atoms with Gasteiger partial charge in [0.1, 0.15) is 5.75 Å². The van der Waals surface area contributed by atoms with Crippen molar-refractivity contribution in [2.75, 3.05) is 0 Å². The van der Waals surface area contributed by atoms with E-state index in [1.165, 1.54) is 6.21 Å². The minimum Gasteiger partial charge on any atom is -0.507 e. The number of sulfonamides is 1. The van der Waals surface area contributed by atoms with Gasteiger partial charge in [0.05, 0.1) is 11.1 Å². The maximum atomic E-state index is 12.4. The average molecular weight is 382 g/mol. The zero-order valence-corrected chi connectivity index (χ0v) is 16.1. The maximum absolute atomic E-state index is 12.4. The van der Waals surface area contributed by atoms with E-state index in [0.717, 1.165) is 22.8 Å². The fourth-order valence-corrected chi connectivity index (χ4v) is 3.64. The van der Waals surface area contributed by atoms with Crippen LogP contribution in [0.25, 0.3) is 10.8 Å². The van der Waals surface area contributed by atoms with Crippen LogP contribution in [0.2, 0.25) is 0 Å². The van der Waals surface area contributed by atoms with E-state index in [1.807, 2.05) is 36.4 Å². The van der Waals surface area contributed by atoms with Gasteiger partial charge in [-0.3, -0.25) is 0 Å². The summed E-state index contributed by atoms with van der Waals surface area (Å²) in [5.74, 6) is 0.414. The second kappa shape index (κ2) is 7.80. The second-order valence-corrected chi connectivity index (χ2v) is 8.11. The summed E-state index contributed by atoms with van der Waals surface area (Å²) in [7, 11) is -3.78. The number of benzene rings is 3. The van der Waals surface area contributed by atoms with Crippen molar-refractivity contribution in [1.82, 2.24) is 4.83 Å². The van der Waals surface area contributed by atoms with Gasteiger partial charge < -0.3 is 5.11 Å². The summed E-state index contributed by atoms with van der Waals surface area (Å²) in [6.45, 7) is 4.19. The van der Waals surface area contributed by atoms with Crippen LogP contribution in [0.1, 0.15) is 37.3 Å². The highest BCUT2D eigenvalue weighted by Crippen LogP contribution is 2.25. The van der Waals surface area contributed by atoms with Crippen LogP contribution in [0.4, 0.5) is 0 Å². The topological polar surface area (TPSA) is 78.8 Å². The quantitative estimate of drug-likeness (QED) is 0.491. The van der Waals surface area contributed by atoms with Crippen LogP contribution in [0, 0.1) is 0 Å². The number of rotatable bonds is 6. The van der Waals surface area contributed by atoms with Gasteiger partial charge in [-0.05, 0) is 46.9 Å². The van der Waals surface area contributed by atoms with Crippen LogP contribution in [-0.2, 0) is 10.0 Å². The Morgan fingerprint density at radius 3 is 2.48 bits per heavy atom. The first-order chi connectivity index (χ1) is 12.9.